The van der Waals surface area contributed by atoms with Gasteiger partial charge in [0.1, 0.15) is 0 Å². The molecule has 0 aliphatic rings. The Morgan fingerprint density at radius 2 is 1.94 bits per heavy atom. The minimum atomic E-state index is -0.657. The number of anilines is 1. The third kappa shape index (κ3) is 3.61. The van der Waals surface area contributed by atoms with Crippen LogP contribution in [0.4, 0.5) is 5.69 Å². The fraction of sp³-hybridized carbons (Fsp3) is 0.273. The highest BCUT2D eigenvalue weighted by Gasteiger charge is 2.19. The van der Waals surface area contributed by atoms with E-state index in [-0.39, 0.29) is 17.0 Å². The summed E-state index contributed by atoms with van der Waals surface area (Å²) < 4.78 is 0. The molecule has 0 heterocycles. The Labute approximate surface area is 107 Å². The number of alkyl halides is 1. The Hall–Kier alpha value is -0.870. The van der Waals surface area contributed by atoms with E-state index in [2.05, 4.69) is 21.2 Å². The number of rotatable bonds is 4. The van der Waals surface area contributed by atoms with E-state index in [1.807, 2.05) is 0 Å². The topological polar surface area (TPSA) is 46.2 Å². The molecule has 0 aromatic heterocycles. The van der Waals surface area contributed by atoms with E-state index in [1.54, 1.807) is 31.2 Å². The maximum Gasteiger partial charge on any atom is 0.234 e. The Balaban J connectivity index is 2.64. The largest absolute Gasteiger partial charge is 0.325 e. The minimum Gasteiger partial charge on any atom is -0.325 e. The lowest BCUT2D eigenvalue weighted by Gasteiger charge is -2.09. The normalized spacial score (nSPS) is 11.9. The number of carbonyl (C=O) groups excluding carboxylic acids is 2. The van der Waals surface area contributed by atoms with Gasteiger partial charge in [-0.1, -0.05) is 27.5 Å². The summed E-state index contributed by atoms with van der Waals surface area (Å²) in [4.78, 5) is 22.9. The lowest BCUT2D eigenvalue weighted by Crippen LogP contribution is -2.27. The van der Waals surface area contributed by atoms with Gasteiger partial charge in [0.15, 0.2) is 5.78 Å². The Morgan fingerprint density at radius 3 is 2.44 bits per heavy atom. The van der Waals surface area contributed by atoms with Crippen molar-refractivity contribution in [3.8, 4) is 0 Å². The van der Waals surface area contributed by atoms with Crippen LogP contribution in [-0.4, -0.2) is 17.0 Å². The molecule has 1 N–H and O–H groups in total. The lowest BCUT2D eigenvalue weighted by atomic mass is 10.1. The first-order chi connectivity index (χ1) is 7.54. The minimum absolute atomic E-state index is 0.147. The first kappa shape index (κ1) is 13.2. The molecule has 86 valence electrons. The predicted octanol–water partition coefficient (Wildman–Crippen LogP) is 2.88. The van der Waals surface area contributed by atoms with Gasteiger partial charge in [0, 0.05) is 10.7 Å². The summed E-state index contributed by atoms with van der Waals surface area (Å²) in [6.07, 6.45) is 0. The van der Waals surface area contributed by atoms with Crippen LogP contribution >= 0.6 is 27.5 Å². The molecule has 0 bridgehead atoms. The Morgan fingerprint density at radius 1 is 1.38 bits per heavy atom. The van der Waals surface area contributed by atoms with Gasteiger partial charge in [-0.3, -0.25) is 9.59 Å². The lowest BCUT2D eigenvalue weighted by molar-refractivity contribution is -0.128. The number of hydrogen-bond donors (Lipinski definition) is 1. The molecule has 1 amide bonds. The number of halogens is 2. The molecule has 1 atom stereocenters. The molecule has 1 rings (SSSR count). The Bertz CT molecular complexity index is 391. The summed E-state index contributed by atoms with van der Waals surface area (Å²) in [6.45, 7) is 1.58. The molecular weight excluding hydrogens is 293 g/mol. The fourth-order valence-corrected chi connectivity index (χ4v) is 1.66. The van der Waals surface area contributed by atoms with E-state index in [9.17, 15) is 9.59 Å². The fourth-order valence-electron chi connectivity index (χ4n) is 1.05. The summed E-state index contributed by atoms with van der Waals surface area (Å²) in [5.41, 5.74) is 0.628. The van der Waals surface area contributed by atoms with Crippen molar-refractivity contribution < 1.29 is 9.59 Å². The maximum absolute atomic E-state index is 11.6. The average molecular weight is 305 g/mol. The van der Waals surface area contributed by atoms with Gasteiger partial charge in [0.05, 0.1) is 11.2 Å². The number of nitrogens with one attached hydrogen (secondary N) is 1. The van der Waals surface area contributed by atoms with Gasteiger partial charge in [-0.05, 0) is 31.2 Å². The molecule has 0 spiro atoms. The van der Waals surface area contributed by atoms with Crippen molar-refractivity contribution in [2.45, 2.75) is 6.92 Å². The summed E-state index contributed by atoms with van der Waals surface area (Å²) >= 11 is 8.74. The molecule has 0 saturated heterocycles. The van der Waals surface area contributed by atoms with E-state index < -0.39 is 5.92 Å². The van der Waals surface area contributed by atoms with Gasteiger partial charge in [-0.2, -0.15) is 0 Å². The number of benzene rings is 1. The molecule has 0 saturated carbocycles. The standard InChI is InChI=1S/C11H11BrClNO2/c1-7(10(15)6-12)11(16)14-9-4-2-8(13)3-5-9/h2-5,7H,6H2,1H3,(H,14,16). The van der Waals surface area contributed by atoms with E-state index >= 15 is 0 Å². The van der Waals surface area contributed by atoms with Gasteiger partial charge in [0.25, 0.3) is 0 Å². The maximum atomic E-state index is 11.6. The van der Waals surface area contributed by atoms with Crippen molar-refractivity contribution in [1.82, 2.24) is 0 Å². The van der Waals surface area contributed by atoms with E-state index in [1.165, 1.54) is 0 Å². The summed E-state index contributed by atoms with van der Waals surface area (Å²) in [5, 5.41) is 3.43. The van der Waals surface area contributed by atoms with E-state index in [4.69, 9.17) is 11.6 Å². The quantitative estimate of drug-likeness (QED) is 0.687. The van der Waals surface area contributed by atoms with Crippen LogP contribution in [0.2, 0.25) is 5.02 Å². The summed E-state index contributed by atoms with van der Waals surface area (Å²) in [7, 11) is 0. The highest BCUT2D eigenvalue weighted by molar-refractivity contribution is 9.09. The van der Waals surface area contributed by atoms with Gasteiger partial charge in [-0.15, -0.1) is 0 Å². The third-order valence-electron chi connectivity index (χ3n) is 2.12. The van der Waals surface area contributed by atoms with Crippen LogP contribution in [0.15, 0.2) is 24.3 Å². The number of carbonyl (C=O) groups is 2. The van der Waals surface area contributed by atoms with Crippen molar-refractivity contribution >= 4 is 44.9 Å². The number of ketones is 1. The van der Waals surface area contributed by atoms with Gasteiger partial charge < -0.3 is 5.32 Å². The van der Waals surface area contributed by atoms with Crippen LogP contribution in [0.3, 0.4) is 0 Å². The first-order valence-corrected chi connectivity index (χ1v) is 6.19. The van der Waals surface area contributed by atoms with Crippen molar-refractivity contribution in [2.75, 3.05) is 10.6 Å². The molecule has 1 aromatic carbocycles. The average Bonchev–Trinajstić information content (AvgIpc) is 2.30. The second-order valence-electron chi connectivity index (χ2n) is 3.32. The zero-order valence-corrected chi connectivity index (χ0v) is 11.0. The molecular formula is C11H11BrClNO2. The van der Waals surface area contributed by atoms with Gasteiger partial charge in [0.2, 0.25) is 5.91 Å². The zero-order chi connectivity index (χ0) is 12.1. The smallest absolute Gasteiger partial charge is 0.234 e. The highest BCUT2D eigenvalue weighted by Crippen LogP contribution is 2.14. The van der Waals surface area contributed by atoms with Crippen LogP contribution in [0.5, 0.6) is 0 Å². The summed E-state index contributed by atoms with van der Waals surface area (Å²) in [6, 6.07) is 6.72. The molecule has 16 heavy (non-hydrogen) atoms. The summed E-state index contributed by atoms with van der Waals surface area (Å²) in [5.74, 6) is -1.12. The molecule has 0 aliphatic heterocycles. The van der Waals surface area contributed by atoms with Crippen LogP contribution in [-0.2, 0) is 9.59 Å². The van der Waals surface area contributed by atoms with E-state index in [0.717, 1.165) is 0 Å². The first-order valence-electron chi connectivity index (χ1n) is 4.69. The SMILES string of the molecule is CC(C(=O)CBr)C(=O)Nc1ccc(Cl)cc1. The molecule has 3 nitrogen and oxygen atoms in total. The molecule has 0 fully saturated rings. The molecule has 1 aromatic rings. The second kappa shape index (κ2) is 6.01. The number of amides is 1. The van der Waals surface area contributed by atoms with Gasteiger partial charge >= 0.3 is 0 Å². The van der Waals surface area contributed by atoms with Crippen molar-refractivity contribution in [2.24, 2.45) is 5.92 Å². The van der Waals surface area contributed by atoms with Crippen LogP contribution in [0.25, 0.3) is 0 Å². The highest BCUT2D eigenvalue weighted by atomic mass is 79.9. The molecule has 0 radical (unpaired) electrons. The van der Waals surface area contributed by atoms with Crippen molar-refractivity contribution in [3.63, 3.8) is 0 Å². The van der Waals surface area contributed by atoms with Crippen molar-refractivity contribution in [3.05, 3.63) is 29.3 Å². The second-order valence-corrected chi connectivity index (χ2v) is 4.31. The molecule has 1 unspecified atom stereocenters. The van der Waals surface area contributed by atoms with Crippen LogP contribution in [0, 0.1) is 5.92 Å². The van der Waals surface area contributed by atoms with Crippen LogP contribution in [0.1, 0.15) is 6.92 Å². The number of Topliss-reactive ketones (excluding diaryl/α,β-unsaturated/α-hetero) is 1. The van der Waals surface area contributed by atoms with Gasteiger partial charge in [-0.25, -0.2) is 0 Å². The van der Waals surface area contributed by atoms with Crippen molar-refractivity contribution in [1.29, 1.82) is 0 Å². The van der Waals surface area contributed by atoms with Crippen LogP contribution < -0.4 is 5.32 Å². The number of hydrogen-bond acceptors (Lipinski definition) is 2. The third-order valence-corrected chi connectivity index (χ3v) is 2.92. The monoisotopic (exact) mass is 303 g/mol. The zero-order valence-electron chi connectivity index (χ0n) is 8.67. The Kier molecular flexibility index (Phi) is 4.96. The predicted molar refractivity (Wildman–Crippen MR) is 68.0 cm³/mol. The molecule has 0 aliphatic carbocycles. The molecule has 5 heteroatoms. The van der Waals surface area contributed by atoms with E-state index in [0.29, 0.717) is 10.7 Å².